The first-order chi connectivity index (χ1) is 12.1. The average molecular weight is 346 g/mol. The van der Waals surface area contributed by atoms with Crippen molar-refractivity contribution in [2.45, 2.75) is 19.4 Å². The molecule has 0 saturated carbocycles. The van der Waals surface area contributed by atoms with E-state index in [0.717, 1.165) is 44.1 Å². The molecule has 1 aromatic rings. The van der Waals surface area contributed by atoms with Crippen molar-refractivity contribution in [2.75, 3.05) is 50.8 Å². The number of morpholine rings is 1. The molecule has 7 heteroatoms. The maximum atomic E-state index is 12.2. The van der Waals surface area contributed by atoms with Gasteiger partial charge in [-0.1, -0.05) is 17.7 Å². The first kappa shape index (κ1) is 17.7. The average Bonchev–Trinajstić information content (AvgIpc) is 2.96. The molecule has 0 spiro atoms. The summed E-state index contributed by atoms with van der Waals surface area (Å²) in [6.07, 6.45) is 0.338. The molecule has 0 aromatic heterocycles. The van der Waals surface area contributed by atoms with Gasteiger partial charge in [-0.15, -0.1) is 0 Å². The molecule has 25 heavy (non-hydrogen) atoms. The highest BCUT2D eigenvalue weighted by atomic mass is 16.5. The molecule has 0 radical (unpaired) electrons. The fourth-order valence-corrected chi connectivity index (χ4v) is 3.17. The summed E-state index contributed by atoms with van der Waals surface area (Å²) < 4.78 is 5.30. The smallest absolute Gasteiger partial charge is 0.315 e. The second-order valence-corrected chi connectivity index (χ2v) is 6.60. The van der Waals surface area contributed by atoms with Crippen LogP contribution in [0.4, 0.5) is 10.5 Å². The van der Waals surface area contributed by atoms with Crippen molar-refractivity contribution >= 4 is 17.6 Å². The Bertz CT molecular complexity index is 599. The Kier molecular flexibility index (Phi) is 5.88. The third-order valence-electron chi connectivity index (χ3n) is 4.62. The van der Waals surface area contributed by atoms with E-state index >= 15 is 0 Å². The molecule has 1 aromatic carbocycles. The second kappa shape index (κ2) is 8.31. The molecular weight excluding hydrogens is 320 g/mol. The third kappa shape index (κ3) is 4.93. The van der Waals surface area contributed by atoms with Gasteiger partial charge in [0.1, 0.15) is 0 Å². The zero-order valence-corrected chi connectivity index (χ0v) is 14.7. The lowest BCUT2D eigenvalue weighted by Crippen LogP contribution is -2.46. The number of hydrogen-bond acceptors (Lipinski definition) is 4. The number of anilines is 1. The topological polar surface area (TPSA) is 73.9 Å². The normalized spacial score (nSPS) is 21.4. The van der Waals surface area contributed by atoms with E-state index in [1.54, 1.807) is 4.90 Å². The summed E-state index contributed by atoms with van der Waals surface area (Å²) in [5.74, 6) is 0.0440. The van der Waals surface area contributed by atoms with Gasteiger partial charge >= 0.3 is 6.03 Å². The van der Waals surface area contributed by atoms with Crippen LogP contribution in [0, 0.1) is 6.92 Å². The predicted molar refractivity (Wildman–Crippen MR) is 95.7 cm³/mol. The summed E-state index contributed by atoms with van der Waals surface area (Å²) in [7, 11) is 0. The van der Waals surface area contributed by atoms with Crippen molar-refractivity contribution in [2.24, 2.45) is 0 Å². The van der Waals surface area contributed by atoms with Crippen LogP contribution in [-0.4, -0.2) is 68.8 Å². The minimum Gasteiger partial charge on any atom is -0.379 e. The highest BCUT2D eigenvalue weighted by Gasteiger charge is 2.31. The molecule has 2 saturated heterocycles. The van der Waals surface area contributed by atoms with Gasteiger partial charge in [-0.2, -0.15) is 0 Å². The Labute approximate surface area is 148 Å². The Balaban J connectivity index is 1.41. The number of nitrogens with zero attached hydrogens (tertiary/aromatic N) is 2. The Morgan fingerprint density at radius 3 is 2.68 bits per heavy atom. The van der Waals surface area contributed by atoms with Crippen LogP contribution in [0.3, 0.4) is 0 Å². The van der Waals surface area contributed by atoms with Crippen LogP contribution in [0.25, 0.3) is 0 Å². The monoisotopic (exact) mass is 346 g/mol. The molecule has 2 fully saturated rings. The van der Waals surface area contributed by atoms with Crippen molar-refractivity contribution < 1.29 is 14.3 Å². The van der Waals surface area contributed by atoms with Crippen LogP contribution in [0.15, 0.2) is 24.3 Å². The maximum absolute atomic E-state index is 12.2. The van der Waals surface area contributed by atoms with Gasteiger partial charge in [0.2, 0.25) is 5.91 Å². The molecule has 2 N–H and O–H groups in total. The first-order valence-corrected chi connectivity index (χ1v) is 8.83. The van der Waals surface area contributed by atoms with Crippen LogP contribution in [0.1, 0.15) is 12.0 Å². The zero-order chi connectivity index (χ0) is 17.6. The summed E-state index contributed by atoms with van der Waals surface area (Å²) in [5, 5.41) is 5.77. The van der Waals surface area contributed by atoms with E-state index in [2.05, 4.69) is 15.5 Å². The SMILES string of the molecule is Cc1ccc(N2C[C@@H](NC(=O)NCCN3CCOCC3)CC2=O)cc1. The fourth-order valence-electron chi connectivity index (χ4n) is 3.17. The molecule has 0 unspecified atom stereocenters. The number of benzene rings is 1. The van der Waals surface area contributed by atoms with Gasteiger partial charge in [0, 0.05) is 44.8 Å². The number of rotatable bonds is 5. The van der Waals surface area contributed by atoms with Crippen molar-refractivity contribution in [3.63, 3.8) is 0 Å². The molecule has 7 nitrogen and oxygen atoms in total. The van der Waals surface area contributed by atoms with E-state index < -0.39 is 0 Å². The number of carbonyl (C=O) groups is 2. The lowest BCUT2D eigenvalue weighted by atomic mass is 10.2. The Morgan fingerprint density at radius 1 is 1.24 bits per heavy atom. The van der Waals surface area contributed by atoms with E-state index in [9.17, 15) is 9.59 Å². The lowest BCUT2D eigenvalue weighted by molar-refractivity contribution is -0.117. The van der Waals surface area contributed by atoms with E-state index in [0.29, 0.717) is 19.5 Å². The van der Waals surface area contributed by atoms with E-state index in [-0.39, 0.29) is 18.0 Å². The highest BCUT2D eigenvalue weighted by Crippen LogP contribution is 2.21. The summed E-state index contributed by atoms with van der Waals surface area (Å²) >= 11 is 0. The number of carbonyl (C=O) groups excluding carboxylic acids is 2. The van der Waals surface area contributed by atoms with Crippen molar-refractivity contribution in [1.29, 1.82) is 0 Å². The van der Waals surface area contributed by atoms with E-state index in [1.165, 1.54) is 0 Å². The quantitative estimate of drug-likeness (QED) is 0.824. The molecule has 2 aliphatic rings. The van der Waals surface area contributed by atoms with E-state index in [4.69, 9.17) is 4.74 Å². The zero-order valence-electron chi connectivity index (χ0n) is 14.7. The minimum atomic E-state index is -0.211. The van der Waals surface area contributed by atoms with Crippen LogP contribution < -0.4 is 15.5 Å². The fraction of sp³-hybridized carbons (Fsp3) is 0.556. The molecule has 3 amide bonds. The summed E-state index contributed by atoms with van der Waals surface area (Å²) in [5.41, 5.74) is 2.04. The summed E-state index contributed by atoms with van der Waals surface area (Å²) in [6, 6.07) is 7.49. The standard InChI is InChI=1S/C18H26N4O3/c1-14-2-4-16(5-3-14)22-13-15(12-17(22)23)20-18(24)19-6-7-21-8-10-25-11-9-21/h2-5,15H,6-13H2,1H3,(H2,19,20,24)/t15-/m0/s1. The van der Waals surface area contributed by atoms with Gasteiger partial charge in [0.25, 0.3) is 0 Å². The van der Waals surface area contributed by atoms with Crippen LogP contribution >= 0.6 is 0 Å². The molecule has 136 valence electrons. The number of ether oxygens (including phenoxy) is 1. The maximum Gasteiger partial charge on any atom is 0.315 e. The molecule has 1 atom stereocenters. The van der Waals surface area contributed by atoms with Gasteiger partial charge in [0.05, 0.1) is 19.3 Å². The van der Waals surface area contributed by atoms with Crippen LogP contribution in [-0.2, 0) is 9.53 Å². The van der Waals surface area contributed by atoms with Gasteiger partial charge < -0.3 is 20.3 Å². The second-order valence-electron chi connectivity index (χ2n) is 6.60. The molecule has 2 heterocycles. The molecule has 0 aliphatic carbocycles. The first-order valence-electron chi connectivity index (χ1n) is 8.83. The predicted octanol–water partition coefficient (Wildman–Crippen LogP) is 0.732. The lowest BCUT2D eigenvalue weighted by Gasteiger charge is -2.26. The molecule has 2 aliphatic heterocycles. The molecular formula is C18H26N4O3. The third-order valence-corrected chi connectivity index (χ3v) is 4.62. The molecule has 0 bridgehead atoms. The number of aryl methyl sites for hydroxylation is 1. The van der Waals surface area contributed by atoms with Crippen molar-refractivity contribution in [3.8, 4) is 0 Å². The van der Waals surface area contributed by atoms with Gasteiger partial charge in [-0.25, -0.2) is 4.79 Å². The van der Waals surface area contributed by atoms with Crippen LogP contribution in [0.5, 0.6) is 0 Å². The Morgan fingerprint density at radius 2 is 1.96 bits per heavy atom. The Hall–Kier alpha value is -2.12. The summed E-state index contributed by atoms with van der Waals surface area (Å²) in [4.78, 5) is 28.2. The largest absolute Gasteiger partial charge is 0.379 e. The number of urea groups is 1. The van der Waals surface area contributed by atoms with Crippen LogP contribution in [0.2, 0.25) is 0 Å². The molecule has 3 rings (SSSR count). The number of hydrogen-bond donors (Lipinski definition) is 2. The van der Waals surface area contributed by atoms with Crippen molar-refractivity contribution in [3.05, 3.63) is 29.8 Å². The number of nitrogens with one attached hydrogen (secondary N) is 2. The van der Waals surface area contributed by atoms with Gasteiger partial charge in [-0.05, 0) is 19.1 Å². The van der Waals surface area contributed by atoms with E-state index in [1.807, 2.05) is 31.2 Å². The summed E-state index contributed by atoms with van der Waals surface area (Å²) in [6.45, 7) is 7.26. The number of amides is 3. The van der Waals surface area contributed by atoms with Gasteiger partial charge in [0.15, 0.2) is 0 Å². The highest BCUT2D eigenvalue weighted by molar-refractivity contribution is 5.96. The minimum absolute atomic E-state index is 0.0440. The van der Waals surface area contributed by atoms with Gasteiger partial charge in [-0.3, -0.25) is 9.69 Å². The van der Waals surface area contributed by atoms with Crippen molar-refractivity contribution in [1.82, 2.24) is 15.5 Å².